The molecule has 9 nitrogen and oxygen atoms in total. The van der Waals surface area contributed by atoms with Gasteiger partial charge in [0.25, 0.3) is 15.8 Å². The van der Waals surface area contributed by atoms with Gasteiger partial charge in [-0.25, -0.2) is 0 Å². The fraction of sp³-hybridized carbons (Fsp3) is 0.111. The van der Waals surface area contributed by atoms with Gasteiger partial charge in [0.1, 0.15) is 4.90 Å². The SMILES string of the molecule is Cc1nn(C)c(-c2cc([N+](=O)[O-])ccc2S(=O)(=O)O)c1C(=O)c1ccc(Cl)cc1Cl. The van der Waals surface area contributed by atoms with Crippen LogP contribution in [0.4, 0.5) is 5.69 Å². The zero-order valence-corrected chi connectivity index (χ0v) is 17.8. The zero-order chi connectivity index (χ0) is 22.4. The Morgan fingerprint density at radius 3 is 2.43 bits per heavy atom. The quantitative estimate of drug-likeness (QED) is 0.257. The molecule has 1 heterocycles. The van der Waals surface area contributed by atoms with Gasteiger partial charge in [-0.1, -0.05) is 23.2 Å². The Labute approximate surface area is 180 Å². The van der Waals surface area contributed by atoms with E-state index in [1.54, 1.807) is 0 Å². The summed E-state index contributed by atoms with van der Waals surface area (Å²) < 4.78 is 34.6. The number of hydrogen-bond acceptors (Lipinski definition) is 6. The number of nitro groups is 1. The summed E-state index contributed by atoms with van der Waals surface area (Å²) in [5.41, 5.74) is -0.414. The fourth-order valence-corrected chi connectivity index (χ4v) is 4.26. The Morgan fingerprint density at radius 1 is 1.20 bits per heavy atom. The van der Waals surface area contributed by atoms with Crippen LogP contribution < -0.4 is 0 Å². The van der Waals surface area contributed by atoms with Crippen molar-refractivity contribution in [3.63, 3.8) is 0 Å². The Bertz CT molecular complexity index is 1320. The summed E-state index contributed by atoms with van der Waals surface area (Å²) in [6, 6.07) is 7.03. The third-order valence-corrected chi connectivity index (χ3v) is 5.79. The topological polar surface area (TPSA) is 132 Å². The van der Waals surface area contributed by atoms with E-state index in [0.717, 1.165) is 18.2 Å². The van der Waals surface area contributed by atoms with Crippen LogP contribution in [0.1, 0.15) is 21.6 Å². The van der Waals surface area contributed by atoms with Gasteiger partial charge in [-0.3, -0.25) is 24.1 Å². The van der Waals surface area contributed by atoms with Crippen LogP contribution in [0.25, 0.3) is 11.3 Å². The second-order valence-corrected chi connectivity index (χ2v) is 8.53. The van der Waals surface area contributed by atoms with E-state index >= 15 is 0 Å². The highest BCUT2D eigenvalue weighted by Crippen LogP contribution is 2.36. The number of carbonyl (C=O) groups is 1. The first kappa shape index (κ1) is 21.9. The molecule has 0 atom stereocenters. The van der Waals surface area contributed by atoms with Crippen molar-refractivity contribution in [2.45, 2.75) is 11.8 Å². The van der Waals surface area contributed by atoms with Crippen LogP contribution in [-0.4, -0.2) is 33.5 Å². The number of ketones is 1. The maximum Gasteiger partial charge on any atom is 0.295 e. The smallest absolute Gasteiger partial charge is 0.288 e. The highest BCUT2D eigenvalue weighted by atomic mass is 35.5. The third kappa shape index (κ3) is 3.94. The van der Waals surface area contributed by atoms with Gasteiger partial charge in [0.2, 0.25) is 0 Å². The zero-order valence-electron chi connectivity index (χ0n) is 15.5. The monoisotopic (exact) mass is 469 g/mol. The number of hydrogen-bond donors (Lipinski definition) is 1. The normalized spacial score (nSPS) is 11.5. The van der Waals surface area contributed by atoms with Gasteiger partial charge in [-0.05, 0) is 31.2 Å². The number of halogens is 2. The van der Waals surface area contributed by atoms with Gasteiger partial charge in [0.15, 0.2) is 5.78 Å². The Hall–Kier alpha value is -2.79. The summed E-state index contributed by atoms with van der Waals surface area (Å²) in [6.07, 6.45) is 0. The van der Waals surface area contributed by atoms with Crippen LogP contribution >= 0.6 is 23.2 Å². The van der Waals surface area contributed by atoms with Crippen LogP contribution in [0.15, 0.2) is 41.3 Å². The lowest BCUT2D eigenvalue weighted by Gasteiger charge is -2.11. The van der Waals surface area contributed by atoms with Crippen LogP contribution in [0.2, 0.25) is 10.0 Å². The van der Waals surface area contributed by atoms with E-state index in [1.807, 2.05) is 0 Å². The van der Waals surface area contributed by atoms with Crippen LogP contribution in [0.5, 0.6) is 0 Å². The summed E-state index contributed by atoms with van der Waals surface area (Å²) in [6.45, 7) is 1.52. The molecule has 30 heavy (non-hydrogen) atoms. The molecule has 156 valence electrons. The number of benzene rings is 2. The van der Waals surface area contributed by atoms with Crippen molar-refractivity contribution in [2.75, 3.05) is 0 Å². The highest BCUT2D eigenvalue weighted by molar-refractivity contribution is 7.86. The van der Waals surface area contributed by atoms with Gasteiger partial charge in [-0.2, -0.15) is 13.5 Å². The molecule has 0 saturated carbocycles. The number of nitrogens with zero attached hydrogens (tertiary/aromatic N) is 3. The van der Waals surface area contributed by atoms with Gasteiger partial charge < -0.3 is 0 Å². The molecule has 1 aromatic heterocycles. The molecule has 3 rings (SSSR count). The molecule has 12 heteroatoms. The molecule has 0 unspecified atom stereocenters. The first-order valence-electron chi connectivity index (χ1n) is 8.21. The predicted molar refractivity (Wildman–Crippen MR) is 110 cm³/mol. The molecule has 3 aromatic rings. The van der Waals surface area contributed by atoms with E-state index in [-0.39, 0.29) is 33.1 Å². The average molecular weight is 470 g/mol. The van der Waals surface area contributed by atoms with E-state index < -0.39 is 31.4 Å². The molecule has 2 aromatic carbocycles. The molecule has 0 spiro atoms. The fourth-order valence-electron chi connectivity index (χ4n) is 3.09. The summed E-state index contributed by atoms with van der Waals surface area (Å²) in [4.78, 5) is 23.2. The Kier molecular flexibility index (Phi) is 5.70. The van der Waals surface area contributed by atoms with Crippen molar-refractivity contribution in [3.8, 4) is 11.3 Å². The molecule has 0 aliphatic heterocycles. The van der Waals surface area contributed by atoms with Crippen molar-refractivity contribution in [3.05, 3.63) is 73.4 Å². The lowest BCUT2D eigenvalue weighted by Crippen LogP contribution is -2.09. The minimum absolute atomic E-state index is 0.0212. The number of rotatable bonds is 5. The van der Waals surface area contributed by atoms with E-state index in [2.05, 4.69) is 5.10 Å². The first-order chi connectivity index (χ1) is 13.9. The molecule has 0 bridgehead atoms. The highest BCUT2D eigenvalue weighted by Gasteiger charge is 2.29. The Morgan fingerprint density at radius 2 is 1.87 bits per heavy atom. The number of aryl methyl sites for hydroxylation is 2. The summed E-state index contributed by atoms with van der Waals surface area (Å²) >= 11 is 12.0. The van der Waals surface area contributed by atoms with Crippen molar-refractivity contribution < 1.29 is 22.7 Å². The standard InChI is InChI=1S/C18H13Cl2N3O6S/c1-9-16(18(24)12-5-3-10(19)7-14(12)20)17(22(2)21-9)13-8-11(23(25)26)4-6-15(13)30(27,28)29/h3-8H,1-2H3,(H,27,28,29). The summed E-state index contributed by atoms with van der Waals surface area (Å²) in [5, 5.41) is 15.8. The Balaban J connectivity index is 2.36. The van der Waals surface area contributed by atoms with Gasteiger partial charge in [-0.15, -0.1) is 0 Å². The molecular weight excluding hydrogens is 457 g/mol. The molecule has 0 radical (unpaired) electrons. The van der Waals surface area contributed by atoms with Gasteiger partial charge in [0, 0.05) is 35.3 Å². The summed E-state index contributed by atoms with van der Waals surface area (Å²) in [7, 11) is -3.33. The average Bonchev–Trinajstić information content (AvgIpc) is 2.93. The van der Waals surface area contributed by atoms with E-state index in [0.29, 0.717) is 5.02 Å². The largest absolute Gasteiger partial charge is 0.295 e. The van der Waals surface area contributed by atoms with Crippen molar-refractivity contribution in [1.29, 1.82) is 0 Å². The predicted octanol–water partition coefficient (Wildman–Crippen LogP) is 4.09. The second kappa shape index (κ2) is 7.80. The molecular formula is C18H13Cl2N3O6S. The maximum atomic E-state index is 13.3. The van der Waals surface area contributed by atoms with E-state index in [9.17, 15) is 27.9 Å². The van der Waals surface area contributed by atoms with Crippen LogP contribution in [0, 0.1) is 17.0 Å². The van der Waals surface area contributed by atoms with Crippen LogP contribution in [0.3, 0.4) is 0 Å². The van der Waals surface area contributed by atoms with E-state index in [4.69, 9.17) is 23.2 Å². The van der Waals surface area contributed by atoms with Crippen molar-refractivity contribution in [2.24, 2.45) is 7.05 Å². The molecule has 0 aliphatic carbocycles. The van der Waals surface area contributed by atoms with E-state index in [1.165, 1.54) is 36.9 Å². The van der Waals surface area contributed by atoms with Crippen molar-refractivity contribution >= 4 is 44.8 Å². The first-order valence-corrected chi connectivity index (χ1v) is 10.4. The minimum Gasteiger partial charge on any atom is -0.288 e. The maximum absolute atomic E-state index is 13.3. The molecule has 0 fully saturated rings. The summed E-state index contributed by atoms with van der Waals surface area (Å²) in [5.74, 6) is -0.593. The number of nitro benzene ring substituents is 1. The number of aromatic nitrogens is 2. The third-order valence-electron chi connectivity index (χ3n) is 4.33. The lowest BCUT2D eigenvalue weighted by molar-refractivity contribution is -0.384. The molecule has 0 saturated heterocycles. The molecule has 0 aliphatic rings. The van der Waals surface area contributed by atoms with Gasteiger partial charge >= 0.3 is 0 Å². The number of carbonyl (C=O) groups excluding carboxylic acids is 1. The minimum atomic E-state index is -4.77. The molecule has 1 N–H and O–H groups in total. The van der Waals surface area contributed by atoms with Gasteiger partial charge in [0.05, 0.1) is 26.9 Å². The molecule has 0 amide bonds. The lowest BCUT2D eigenvalue weighted by atomic mass is 9.97. The second-order valence-electron chi connectivity index (χ2n) is 6.30. The van der Waals surface area contributed by atoms with Crippen LogP contribution in [-0.2, 0) is 17.2 Å². The number of non-ortho nitro benzene ring substituents is 1. The van der Waals surface area contributed by atoms with Crippen molar-refractivity contribution in [1.82, 2.24) is 9.78 Å².